The van der Waals surface area contributed by atoms with Crippen LogP contribution in [0.1, 0.15) is 22.1 Å². The highest BCUT2D eigenvalue weighted by Crippen LogP contribution is 2.41. The van der Waals surface area contributed by atoms with Crippen molar-refractivity contribution in [2.75, 3.05) is 4.90 Å². The molecule has 186 valence electrons. The van der Waals surface area contributed by atoms with E-state index in [0.717, 1.165) is 22.1 Å². The zero-order valence-corrected chi connectivity index (χ0v) is 20.8. The Kier molecular flexibility index (Phi) is 5.46. The second-order valence-corrected chi connectivity index (χ2v) is 9.35. The summed E-state index contributed by atoms with van der Waals surface area (Å²) in [5.74, 6) is 1.37. The zero-order valence-electron chi connectivity index (χ0n) is 20.8. The summed E-state index contributed by atoms with van der Waals surface area (Å²) in [4.78, 5) is 29.6. The van der Waals surface area contributed by atoms with Crippen LogP contribution in [0, 0.1) is 0 Å². The topological polar surface area (TPSA) is 79.2 Å². The summed E-state index contributed by atoms with van der Waals surface area (Å²) < 4.78 is 0. The fourth-order valence-electron chi connectivity index (χ4n) is 5.18. The predicted octanol–water partition coefficient (Wildman–Crippen LogP) is 6.68. The Morgan fingerprint density at radius 3 is 1.72 bits per heavy atom. The van der Waals surface area contributed by atoms with Crippen molar-refractivity contribution >= 4 is 22.4 Å². The van der Waals surface area contributed by atoms with E-state index in [2.05, 4.69) is 0 Å². The summed E-state index contributed by atoms with van der Waals surface area (Å²) in [6.45, 7) is 0. The van der Waals surface area contributed by atoms with Gasteiger partial charge in [0.05, 0.1) is 0 Å². The van der Waals surface area contributed by atoms with Gasteiger partial charge in [0.2, 0.25) is 0 Å². The van der Waals surface area contributed by atoms with Crippen molar-refractivity contribution in [1.82, 2.24) is 15.0 Å². The minimum absolute atomic E-state index is 0.255. The number of para-hydroxylation sites is 1. The average molecular weight is 507 g/mol. The Labute approximate surface area is 224 Å². The molecule has 1 N–H and O–H groups in total. The van der Waals surface area contributed by atoms with Crippen LogP contribution in [-0.4, -0.2) is 26.0 Å². The molecule has 39 heavy (non-hydrogen) atoms. The van der Waals surface area contributed by atoms with E-state index in [4.69, 9.17) is 15.0 Å². The number of aromatic nitrogens is 3. The summed E-state index contributed by atoms with van der Waals surface area (Å²) in [6, 6.07) is 38.2. The number of anilines is 1. The first-order valence-electron chi connectivity index (χ1n) is 12.7. The maximum atomic E-state index is 13.7. The van der Waals surface area contributed by atoms with Gasteiger partial charge in [0.15, 0.2) is 23.7 Å². The third-order valence-corrected chi connectivity index (χ3v) is 7.02. The minimum Gasteiger partial charge on any atom is -0.369 e. The maximum Gasteiger partial charge on any atom is 0.261 e. The highest BCUT2D eigenvalue weighted by atomic mass is 16.3. The maximum absolute atomic E-state index is 13.7. The molecule has 2 heterocycles. The Morgan fingerprint density at radius 1 is 0.564 bits per heavy atom. The molecule has 6 heteroatoms. The third kappa shape index (κ3) is 3.86. The zero-order chi connectivity index (χ0) is 26.3. The van der Waals surface area contributed by atoms with Crippen molar-refractivity contribution < 1.29 is 9.90 Å². The van der Waals surface area contributed by atoms with Crippen LogP contribution in [0.5, 0.6) is 0 Å². The number of carbonyl (C=O) groups is 1. The minimum atomic E-state index is -1.12. The lowest BCUT2D eigenvalue weighted by Gasteiger charge is -2.34. The third-order valence-electron chi connectivity index (χ3n) is 7.02. The molecule has 1 amide bonds. The summed E-state index contributed by atoms with van der Waals surface area (Å²) in [5, 5.41) is 12.9. The van der Waals surface area contributed by atoms with Crippen molar-refractivity contribution in [1.29, 1.82) is 0 Å². The van der Waals surface area contributed by atoms with Crippen molar-refractivity contribution in [3.05, 3.63) is 132 Å². The number of aliphatic hydroxyl groups is 1. The molecule has 1 aliphatic rings. The fraction of sp³-hybridized carbons (Fsp3) is 0.0303. The van der Waals surface area contributed by atoms with Crippen LogP contribution >= 0.6 is 0 Å². The molecular weight excluding hydrogens is 484 g/mol. The van der Waals surface area contributed by atoms with Gasteiger partial charge in [0.25, 0.3) is 5.91 Å². The first kappa shape index (κ1) is 23.0. The van der Waals surface area contributed by atoms with E-state index in [-0.39, 0.29) is 5.91 Å². The lowest BCUT2D eigenvalue weighted by Crippen LogP contribution is -2.38. The van der Waals surface area contributed by atoms with Crippen LogP contribution in [0.4, 0.5) is 5.69 Å². The molecule has 0 aliphatic carbocycles. The molecule has 0 saturated carbocycles. The van der Waals surface area contributed by atoms with Gasteiger partial charge in [-0.15, -0.1) is 0 Å². The van der Waals surface area contributed by atoms with Crippen molar-refractivity contribution in [3.63, 3.8) is 0 Å². The number of rotatable bonds is 4. The van der Waals surface area contributed by atoms with E-state index in [1.165, 1.54) is 4.90 Å². The lowest BCUT2D eigenvalue weighted by molar-refractivity contribution is 0.0879. The van der Waals surface area contributed by atoms with Crippen LogP contribution in [0.2, 0.25) is 0 Å². The van der Waals surface area contributed by atoms with Gasteiger partial charge in [-0.3, -0.25) is 9.69 Å². The molecule has 0 saturated heterocycles. The number of nitrogens with zero attached hydrogens (tertiary/aromatic N) is 4. The van der Waals surface area contributed by atoms with Crippen LogP contribution in [0.3, 0.4) is 0 Å². The standard InChI is InChI=1S/C33H22N4O2/c38-32-26-18-10-17-24-25(19-20-27(28(24)26)33(39)37(32)23-15-8-3-9-16-23)31-35-29(21-11-4-1-5-12-21)34-30(36-31)22-13-6-2-7-14-22/h1-20,32,38H. The first-order chi connectivity index (χ1) is 19.2. The van der Waals surface area contributed by atoms with Gasteiger partial charge < -0.3 is 5.11 Å². The van der Waals surface area contributed by atoms with E-state index in [0.29, 0.717) is 39.7 Å². The van der Waals surface area contributed by atoms with Crippen LogP contribution in [0.15, 0.2) is 121 Å². The number of aliphatic hydroxyl groups excluding tert-OH is 1. The van der Waals surface area contributed by atoms with E-state index in [1.54, 1.807) is 6.07 Å². The van der Waals surface area contributed by atoms with Crippen LogP contribution in [-0.2, 0) is 0 Å². The molecule has 7 rings (SSSR count). The van der Waals surface area contributed by atoms with E-state index in [9.17, 15) is 9.90 Å². The molecule has 0 fully saturated rings. The monoisotopic (exact) mass is 506 g/mol. The number of amides is 1. The van der Waals surface area contributed by atoms with Gasteiger partial charge in [0, 0.05) is 38.9 Å². The molecule has 1 atom stereocenters. The molecule has 0 bridgehead atoms. The Bertz CT molecular complexity index is 1780. The second-order valence-electron chi connectivity index (χ2n) is 9.35. The van der Waals surface area contributed by atoms with Crippen molar-refractivity contribution in [2.45, 2.75) is 6.23 Å². The highest BCUT2D eigenvalue weighted by Gasteiger charge is 2.34. The molecule has 0 spiro atoms. The average Bonchev–Trinajstić information content (AvgIpc) is 3.01. The number of hydrogen-bond acceptors (Lipinski definition) is 5. The van der Waals surface area contributed by atoms with Crippen molar-refractivity contribution in [2.24, 2.45) is 0 Å². The molecule has 1 aromatic heterocycles. The molecule has 5 aromatic carbocycles. The SMILES string of the molecule is O=C1c2ccc(-c3nc(-c4ccccc4)nc(-c4ccccc4)n3)c3cccc(c23)C(O)N1c1ccccc1. The quantitative estimate of drug-likeness (QED) is 0.289. The van der Waals surface area contributed by atoms with Gasteiger partial charge >= 0.3 is 0 Å². The summed E-state index contributed by atoms with van der Waals surface area (Å²) in [6.07, 6.45) is -1.12. The molecule has 0 radical (unpaired) electrons. The van der Waals surface area contributed by atoms with Gasteiger partial charge in [-0.05, 0) is 29.7 Å². The smallest absolute Gasteiger partial charge is 0.261 e. The summed E-state index contributed by atoms with van der Waals surface area (Å²) in [7, 11) is 0. The van der Waals surface area contributed by atoms with Gasteiger partial charge in [-0.25, -0.2) is 15.0 Å². The predicted molar refractivity (Wildman–Crippen MR) is 152 cm³/mol. The fourth-order valence-corrected chi connectivity index (χ4v) is 5.18. The summed E-state index contributed by atoms with van der Waals surface area (Å²) >= 11 is 0. The highest BCUT2D eigenvalue weighted by molar-refractivity contribution is 6.19. The number of carbonyl (C=O) groups excluding carboxylic acids is 1. The Balaban J connectivity index is 1.44. The van der Waals surface area contributed by atoms with E-state index in [1.807, 2.05) is 115 Å². The Morgan fingerprint density at radius 2 is 1.10 bits per heavy atom. The first-order valence-corrected chi connectivity index (χ1v) is 12.7. The van der Waals surface area contributed by atoms with Gasteiger partial charge in [-0.2, -0.15) is 0 Å². The second kappa shape index (κ2) is 9.28. The largest absolute Gasteiger partial charge is 0.369 e. The normalized spacial score (nSPS) is 14.5. The van der Waals surface area contributed by atoms with E-state index >= 15 is 0 Å². The van der Waals surface area contributed by atoms with Crippen molar-refractivity contribution in [3.8, 4) is 34.2 Å². The van der Waals surface area contributed by atoms with Gasteiger partial charge in [-0.1, -0.05) is 97.1 Å². The van der Waals surface area contributed by atoms with Crippen LogP contribution in [0.25, 0.3) is 44.9 Å². The lowest BCUT2D eigenvalue weighted by atomic mass is 9.90. The summed E-state index contributed by atoms with van der Waals surface area (Å²) in [5.41, 5.74) is 4.35. The molecule has 6 aromatic rings. The number of hydrogen-bond donors (Lipinski definition) is 1. The van der Waals surface area contributed by atoms with Crippen LogP contribution < -0.4 is 4.90 Å². The molecule has 1 unspecified atom stereocenters. The van der Waals surface area contributed by atoms with Gasteiger partial charge in [0.1, 0.15) is 0 Å². The number of benzene rings is 5. The molecular formula is C33H22N4O2. The molecule has 1 aliphatic heterocycles. The van der Waals surface area contributed by atoms with E-state index < -0.39 is 6.23 Å². The Hall–Kier alpha value is -5.20. The molecule has 6 nitrogen and oxygen atoms in total.